The van der Waals surface area contributed by atoms with Crippen molar-refractivity contribution in [2.45, 2.75) is 62.7 Å². The van der Waals surface area contributed by atoms with Crippen LogP contribution >= 0.6 is 11.8 Å². The van der Waals surface area contributed by atoms with Gasteiger partial charge in [-0.15, -0.1) is 0 Å². The summed E-state index contributed by atoms with van der Waals surface area (Å²) in [6.45, 7) is 0.345. The number of nitrogens with two attached hydrogens (primary N) is 5. The van der Waals surface area contributed by atoms with Crippen LogP contribution in [0.3, 0.4) is 0 Å². The average molecular weight is 648 g/mol. The number of nitrogens with zero attached hydrogens (tertiary/aromatic N) is 2. The van der Waals surface area contributed by atoms with Crippen molar-refractivity contribution in [2.75, 3.05) is 25.1 Å². The number of carbonyl (C=O) groups is 4. The summed E-state index contributed by atoms with van der Waals surface area (Å²) in [5.41, 5.74) is 29.1. The van der Waals surface area contributed by atoms with Crippen LogP contribution in [0.5, 0.6) is 0 Å². The number of hydrogen-bond donors (Lipinski definition) is 10. The number of carboxylic acids is 1. The smallest absolute Gasteiger partial charge is 0.326 e. The number of thioether (sulfide) groups is 1. The van der Waals surface area contributed by atoms with Gasteiger partial charge in [-0.2, -0.15) is 11.8 Å². The van der Waals surface area contributed by atoms with E-state index in [0.29, 0.717) is 12.2 Å². The van der Waals surface area contributed by atoms with Gasteiger partial charge < -0.3 is 54.7 Å². The van der Waals surface area contributed by atoms with E-state index in [1.807, 2.05) is 30.5 Å². The third kappa shape index (κ3) is 12.9. The number of carbonyl (C=O) groups excluding carboxylic acids is 3. The van der Waals surface area contributed by atoms with Crippen LogP contribution in [-0.2, 0) is 25.6 Å². The van der Waals surface area contributed by atoms with Crippen LogP contribution < -0.4 is 44.6 Å². The van der Waals surface area contributed by atoms with Crippen molar-refractivity contribution in [3.63, 3.8) is 0 Å². The zero-order valence-electron chi connectivity index (χ0n) is 25.3. The first-order valence-electron chi connectivity index (χ1n) is 14.5. The van der Waals surface area contributed by atoms with Gasteiger partial charge in [-0.3, -0.25) is 24.4 Å². The standard InChI is InChI=1S/C28H45N11O5S/c1-45-13-10-18(29)23(40)39-22(14-16-15-36-19-7-3-2-6-17(16)19)25(42)37-20(8-4-11-34-27(30)31)24(41)38-21(26(43)44)9-5-12-35-28(32)33/h2-3,6-7,15,18,20-22,36H,4-5,8-14,29H2,1H3,(H,37,42)(H,38,41)(H,39,40)(H,43,44)(H4,30,31,34)(H4,32,33,35). The minimum atomic E-state index is -1.26. The average Bonchev–Trinajstić information content (AvgIpc) is 3.40. The summed E-state index contributed by atoms with van der Waals surface area (Å²) in [5, 5.41) is 18.5. The lowest BCUT2D eigenvalue weighted by Gasteiger charge is -2.25. The van der Waals surface area contributed by atoms with Crippen LogP contribution in [0.4, 0.5) is 0 Å². The van der Waals surface area contributed by atoms with Crippen molar-refractivity contribution in [3.8, 4) is 0 Å². The number of guanidine groups is 2. The van der Waals surface area contributed by atoms with Crippen LogP contribution in [0, 0.1) is 0 Å². The monoisotopic (exact) mass is 647 g/mol. The van der Waals surface area contributed by atoms with Crippen molar-refractivity contribution < 1.29 is 24.3 Å². The van der Waals surface area contributed by atoms with Crippen LogP contribution in [0.25, 0.3) is 10.9 Å². The number of aliphatic carboxylic acids is 1. The molecule has 2 rings (SSSR count). The number of fused-ring (bicyclic) bond motifs is 1. The number of amides is 3. The lowest BCUT2D eigenvalue weighted by atomic mass is 10.0. The third-order valence-electron chi connectivity index (χ3n) is 6.84. The largest absolute Gasteiger partial charge is 0.480 e. The molecule has 1 heterocycles. The third-order valence-corrected chi connectivity index (χ3v) is 7.48. The molecule has 0 bridgehead atoms. The molecule has 0 spiro atoms. The fourth-order valence-electron chi connectivity index (χ4n) is 4.46. The van der Waals surface area contributed by atoms with Gasteiger partial charge in [-0.05, 0) is 55.7 Å². The first kappa shape index (κ1) is 36.7. The zero-order valence-corrected chi connectivity index (χ0v) is 26.1. The molecule has 0 aliphatic rings. The number of rotatable bonds is 20. The Morgan fingerprint density at radius 2 is 1.40 bits per heavy atom. The van der Waals surface area contributed by atoms with E-state index in [1.165, 1.54) is 0 Å². The van der Waals surface area contributed by atoms with E-state index in [-0.39, 0.29) is 57.1 Å². The summed E-state index contributed by atoms with van der Waals surface area (Å²) in [6, 6.07) is 3.14. The van der Waals surface area contributed by atoms with Crippen LogP contribution in [0.1, 0.15) is 37.7 Å². The Hall–Kier alpha value is -4.51. The highest BCUT2D eigenvalue weighted by molar-refractivity contribution is 7.98. The number of nitrogens with one attached hydrogen (secondary N) is 4. The Morgan fingerprint density at radius 1 is 0.844 bits per heavy atom. The Morgan fingerprint density at radius 3 is 2.00 bits per heavy atom. The molecule has 1 aromatic carbocycles. The topological polar surface area (TPSA) is 295 Å². The van der Waals surface area contributed by atoms with Crippen LogP contribution in [0.15, 0.2) is 40.4 Å². The zero-order chi connectivity index (χ0) is 33.4. The molecule has 1 aromatic heterocycles. The highest BCUT2D eigenvalue weighted by atomic mass is 32.2. The maximum absolute atomic E-state index is 13.7. The second kappa shape index (κ2) is 19.0. The second-order valence-electron chi connectivity index (χ2n) is 10.4. The van der Waals surface area contributed by atoms with Crippen LogP contribution in [-0.4, -0.2) is 95.0 Å². The predicted octanol–water partition coefficient (Wildman–Crippen LogP) is -1.56. The Kier molecular flexibility index (Phi) is 15.5. The molecule has 15 N–H and O–H groups in total. The number of aromatic nitrogens is 1. The lowest BCUT2D eigenvalue weighted by Crippen LogP contribution is -2.57. The molecule has 4 unspecified atom stereocenters. The molecule has 0 fully saturated rings. The van der Waals surface area contributed by atoms with Gasteiger partial charge in [0.1, 0.15) is 18.1 Å². The molecular weight excluding hydrogens is 602 g/mol. The van der Waals surface area contributed by atoms with E-state index in [4.69, 9.17) is 28.7 Å². The number of carboxylic acid groups (broad SMARTS) is 1. The molecular formula is C28H45N11O5S. The van der Waals surface area contributed by atoms with Crippen molar-refractivity contribution in [3.05, 3.63) is 36.0 Å². The molecule has 3 amide bonds. The molecule has 0 aliphatic heterocycles. The van der Waals surface area contributed by atoms with Crippen molar-refractivity contribution in [1.29, 1.82) is 0 Å². The summed E-state index contributed by atoms with van der Waals surface area (Å²) < 4.78 is 0. The van der Waals surface area contributed by atoms with Gasteiger partial charge in [0.25, 0.3) is 0 Å². The minimum absolute atomic E-state index is 0.0414. The predicted molar refractivity (Wildman–Crippen MR) is 176 cm³/mol. The molecule has 0 saturated carbocycles. The van der Waals surface area contributed by atoms with Gasteiger partial charge in [0.2, 0.25) is 17.7 Å². The van der Waals surface area contributed by atoms with Gasteiger partial charge in [0, 0.05) is 36.6 Å². The number of para-hydroxylation sites is 1. The van der Waals surface area contributed by atoms with E-state index in [0.717, 1.165) is 16.5 Å². The Bertz CT molecular complexity index is 1340. The summed E-state index contributed by atoms with van der Waals surface area (Å²) in [7, 11) is 0. The first-order chi connectivity index (χ1) is 21.4. The van der Waals surface area contributed by atoms with Gasteiger partial charge in [0.05, 0.1) is 6.04 Å². The molecule has 16 nitrogen and oxygen atoms in total. The normalized spacial score (nSPS) is 13.6. The quantitative estimate of drug-likeness (QED) is 0.0445. The highest BCUT2D eigenvalue weighted by Crippen LogP contribution is 2.19. The fourth-order valence-corrected chi connectivity index (χ4v) is 4.95. The number of benzene rings is 1. The highest BCUT2D eigenvalue weighted by Gasteiger charge is 2.30. The van der Waals surface area contributed by atoms with Gasteiger partial charge >= 0.3 is 5.97 Å². The van der Waals surface area contributed by atoms with Gasteiger partial charge in [-0.25, -0.2) is 4.79 Å². The van der Waals surface area contributed by atoms with E-state index in [2.05, 4.69) is 30.9 Å². The number of hydrogen-bond acceptors (Lipinski definition) is 8. The summed E-state index contributed by atoms with van der Waals surface area (Å²) in [6.07, 6.45) is 4.85. The number of aliphatic imine (C=N–C) groups is 2. The van der Waals surface area contributed by atoms with E-state index in [1.54, 1.807) is 18.0 Å². The van der Waals surface area contributed by atoms with E-state index >= 15 is 0 Å². The minimum Gasteiger partial charge on any atom is -0.480 e. The summed E-state index contributed by atoms with van der Waals surface area (Å²) >= 11 is 1.54. The maximum atomic E-state index is 13.7. The van der Waals surface area contributed by atoms with Crippen molar-refractivity contribution >= 4 is 58.3 Å². The first-order valence-corrected chi connectivity index (χ1v) is 15.9. The summed E-state index contributed by atoms with van der Waals surface area (Å²) in [4.78, 5) is 62.9. The van der Waals surface area contributed by atoms with Gasteiger partial charge in [0.15, 0.2) is 11.9 Å². The molecule has 0 saturated heterocycles. The maximum Gasteiger partial charge on any atom is 0.326 e. The Labute approximate surface area is 265 Å². The molecule has 0 radical (unpaired) electrons. The van der Waals surface area contributed by atoms with Crippen molar-refractivity contribution in [2.24, 2.45) is 38.7 Å². The molecule has 2 aromatic rings. The molecule has 17 heteroatoms. The van der Waals surface area contributed by atoms with Crippen LogP contribution in [0.2, 0.25) is 0 Å². The molecule has 248 valence electrons. The Balaban J connectivity index is 2.29. The fraction of sp³-hybridized carbons (Fsp3) is 0.500. The SMILES string of the molecule is CSCCC(N)C(=O)NC(Cc1c[nH]c2ccccc12)C(=O)NC(CCCN=C(N)N)C(=O)NC(CCCN=C(N)N)C(=O)O. The lowest BCUT2D eigenvalue weighted by molar-refractivity contribution is -0.142. The second-order valence-corrected chi connectivity index (χ2v) is 11.4. The molecule has 4 atom stereocenters. The van der Waals surface area contributed by atoms with E-state index in [9.17, 15) is 24.3 Å². The molecule has 0 aliphatic carbocycles. The summed E-state index contributed by atoms with van der Waals surface area (Å²) in [5.74, 6) is -2.75. The number of aromatic amines is 1. The number of H-pyrrole nitrogens is 1. The molecule has 45 heavy (non-hydrogen) atoms. The van der Waals surface area contributed by atoms with Crippen molar-refractivity contribution in [1.82, 2.24) is 20.9 Å². The van der Waals surface area contributed by atoms with Gasteiger partial charge in [-0.1, -0.05) is 18.2 Å². The van der Waals surface area contributed by atoms with E-state index < -0.39 is 47.9 Å².